The highest BCUT2D eigenvalue weighted by molar-refractivity contribution is 5.96. The number of hydrogen-bond acceptors (Lipinski definition) is 15. The minimum atomic E-state index is -0.0992. The Morgan fingerprint density at radius 3 is 1.07 bits per heavy atom. The third kappa shape index (κ3) is 37.6. The highest BCUT2D eigenvalue weighted by Crippen LogP contribution is 2.21. The third-order valence-electron chi connectivity index (χ3n) is 19.6. The molecule has 642 valence electrons. The Hall–Kier alpha value is -13.7. The lowest BCUT2D eigenvalue weighted by atomic mass is 10.0. The Morgan fingerprint density at radius 2 is 0.613 bits per heavy atom. The third-order valence-corrected chi connectivity index (χ3v) is 19.6. The predicted octanol–water partition coefficient (Wildman–Crippen LogP) is 20.5. The van der Waals surface area contributed by atoms with Crippen LogP contribution < -0.4 is 46.1 Å². The van der Waals surface area contributed by atoms with Gasteiger partial charge in [-0.05, 0) is 255 Å². The Labute approximate surface area is 735 Å². The summed E-state index contributed by atoms with van der Waals surface area (Å²) in [7, 11) is 0. The minimum absolute atomic E-state index is 0.0783. The van der Waals surface area contributed by atoms with E-state index >= 15 is 0 Å². The first-order valence-electron chi connectivity index (χ1n) is 41.5. The molecule has 0 aromatic heterocycles. The molecule has 0 atom stereocenters. The molecule has 0 aliphatic carbocycles. The van der Waals surface area contributed by atoms with Gasteiger partial charge >= 0.3 is 0 Å². The monoisotopic (exact) mass is 1660 g/mol. The van der Waals surface area contributed by atoms with E-state index in [2.05, 4.69) is 239 Å². The van der Waals surface area contributed by atoms with E-state index in [1.807, 2.05) is 231 Å². The number of amides is 3. The number of nitrogens with one attached hydrogen (secondary N) is 6. The molecule has 124 heavy (non-hydrogen) atoms. The van der Waals surface area contributed by atoms with Gasteiger partial charge in [-0.15, -0.1) is 0 Å². The molecule has 0 unspecified atom stereocenters. The standard InChI is InChI=1S/C19H24N2O2.C19H22N2.2C17H20N2O2.2C17H18N2/c1-13-7-5-9-17(15(13)3)19(22)21-11-20-12-23-18-10-6-8-14(2)16(18)4;1-14-7-5-9-18(16(14)3)11-20-13-21-12-19-10-6-8-15(2)17(19)4;1-13-3-7-15(8-4-13)17(20)19-11-18-12-21-16-9-5-14(2)6-10-16;1-13-5-3-7-15(9-13)17(20)19-11-18-12-21-16-8-4-6-14(2)10-16;1-14-3-7-16(8-4-14)11-18-13-19-12-17-9-5-15(2)6-10-17;1-14-5-3-7-16(9-14)11-18-13-19-12-17-8-4-6-15(2)10-17/h5-10,20H,11-12H2,1-4H3,(H,21,22);5-12H,13H2,1-4H3;2*3-10,18H,11-12H2,1-2H3,(H,19,20);2*3-12H,13H2,1-2H3. The lowest BCUT2D eigenvalue weighted by molar-refractivity contribution is 0.0938. The van der Waals surface area contributed by atoms with Gasteiger partial charge in [0.05, 0.1) is 20.0 Å². The van der Waals surface area contributed by atoms with Crippen molar-refractivity contribution in [1.29, 1.82) is 0 Å². The molecule has 0 heterocycles. The van der Waals surface area contributed by atoms with Crippen LogP contribution >= 0.6 is 0 Å². The molecule has 0 aliphatic heterocycles. The van der Waals surface area contributed by atoms with Crippen LogP contribution in [0.15, 0.2) is 297 Å². The van der Waals surface area contributed by atoms with Crippen LogP contribution in [0.3, 0.4) is 0 Å². The van der Waals surface area contributed by atoms with E-state index in [-0.39, 0.29) is 17.7 Å². The molecule has 0 bridgehead atoms. The number of ether oxygens (including phenoxy) is 3. The first-order valence-corrected chi connectivity index (χ1v) is 41.5. The molecule has 12 aromatic rings. The van der Waals surface area contributed by atoms with E-state index < -0.39 is 0 Å². The Kier molecular flexibility index (Phi) is 42.9. The summed E-state index contributed by atoms with van der Waals surface area (Å²) < 4.78 is 16.7. The lowest BCUT2D eigenvalue weighted by Gasteiger charge is -2.13. The second-order valence-electron chi connectivity index (χ2n) is 30.0. The molecule has 18 nitrogen and oxygen atoms in total. The van der Waals surface area contributed by atoms with Crippen molar-refractivity contribution in [3.63, 3.8) is 0 Å². The van der Waals surface area contributed by atoms with Gasteiger partial charge in [-0.2, -0.15) is 0 Å². The van der Waals surface area contributed by atoms with Gasteiger partial charge in [-0.3, -0.25) is 60.3 Å². The number of benzene rings is 12. The Morgan fingerprint density at radius 1 is 0.266 bits per heavy atom. The maximum Gasteiger partial charge on any atom is 0.252 e. The molecule has 12 aromatic carbocycles. The van der Waals surface area contributed by atoms with Crippen molar-refractivity contribution in [2.45, 2.75) is 111 Å². The molecule has 0 radical (unpaired) electrons. The molecule has 3 amide bonds. The highest BCUT2D eigenvalue weighted by Gasteiger charge is 2.11. The van der Waals surface area contributed by atoms with E-state index in [4.69, 9.17) is 14.2 Å². The second kappa shape index (κ2) is 54.6. The van der Waals surface area contributed by atoms with E-state index in [0.717, 1.165) is 84.0 Å². The van der Waals surface area contributed by atoms with Gasteiger partial charge in [0.25, 0.3) is 17.7 Å². The van der Waals surface area contributed by atoms with E-state index in [1.165, 1.54) is 55.6 Å². The quantitative estimate of drug-likeness (QED) is 0.0143. The summed E-state index contributed by atoms with van der Waals surface area (Å²) in [5.74, 6) is 2.20. The van der Waals surface area contributed by atoms with Crippen LogP contribution in [-0.4, -0.2) is 115 Å². The zero-order chi connectivity index (χ0) is 89.2. The van der Waals surface area contributed by atoms with Crippen LogP contribution in [0.4, 0.5) is 0 Å². The molecule has 18 heteroatoms. The molecule has 12 rings (SSSR count). The minimum Gasteiger partial charge on any atom is -0.478 e. The summed E-state index contributed by atoms with van der Waals surface area (Å²) in [6.07, 6.45) is 11.2. The molecular weight excluding hydrogens is 1540 g/mol. The van der Waals surface area contributed by atoms with Crippen molar-refractivity contribution in [2.24, 2.45) is 30.0 Å². The summed E-state index contributed by atoms with van der Waals surface area (Å²) in [4.78, 5) is 61.8. The first kappa shape index (κ1) is 97.5. The predicted molar refractivity (Wildman–Crippen MR) is 516 cm³/mol. The van der Waals surface area contributed by atoms with Crippen molar-refractivity contribution in [1.82, 2.24) is 31.9 Å². The summed E-state index contributed by atoms with van der Waals surface area (Å²) in [6, 6.07) is 87.9. The van der Waals surface area contributed by atoms with Crippen LogP contribution in [0.5, 0.6) is 17.2 Å². The normalized spacial score (nSPS) is 10.9. The van der Waals surface area contributed by atoms with Crippen LogP contribution in [0, 0.1) is 111 Å². The number of hydrogen-bond donors (Lipinski definition) is 6. The van der Waals surface area contributed by atoms with Crippen molar-refractivity contribution in [3.05, 3.63) is 406 Å². The fourth-order valence-corrected chi connectivity index (χ4v) is 11.6. The fourth-order valence-electron chi connectivity index (χ4n) is 11.6. The van der Waals surface area contributed by atoms with Gasteiger partial charge in [0.1, 0.15) is 57.4 Å². The van der Waals surface area contributed by atoms with Gasteiger partial charge in [0, 0.05) is 54.0 Å². The number of carbonyl (C=O) groups is 3. The zero-order valence-corrected chi connectivity index (χ0v) is 74.9. The van der Waals surface area contributed by atoms with Crippen molar-refractivity contribution < 1.29 is 28.6 Å². The summed E-state index contributed by atoms with van der Waals surface area (Å²) in [5, 5.41) is 17.5. The van der Waals surface area contributed by atoms with Crippen molar-refractivity contribution in [3.8, 4) is 17.2 Å². The average molecular weight is 1660 g/mol. The molecule has 0 spiro atoms. The van der Waals surface area contributed by atoms with Crippen molar-refractivity contribution in [2.75, 3.05) is 60.2 Å². The topological polar surface area (TPSA) is 225 Å². The van der Waals surface area contributed by atoms with Crippen LogP contribution in [0.2, 0.25) is 0 Å². The SMILES string of the molecule is Cc1ccc(C=NCN=Cc2ccc(C)cc2)cc1.Cc1ccc(OCNCNC(=O)c2ccc(C)cc2)cc1.Cc1cccc(C=NCN=Cc2cccc(C)c2)c1.Cc1cccc(C=NCN=Cc2cccc(C)c2C)c1C.Cc1cccc(OCNCNC(=O)c2cccc(C)c2)c1.Cc1cccc(OCNCNC(=O)c2cccc(C)c2C)c1C. The fraction of sp³-hybridized carbons (Fsp3) is 0.236. The number of rotatable bonds is 30. The smallest absolute Gasteiger partial charge is 0.252 e. The highest BCUT2D eigenvalue weighted by atomic mass is 16.5. The largest absolute Gasteiger partial charge is 0.478 e. The summed E-state index contributed by atoms with van der Waals surface area (Å²) in [6.45, 7) is 36.3. The van der Waals surface area contributed by atoms with Gasteiger partial charge in [0.2, 0.25) is 0 Å². The molecule has 6 N–H and O–H groups in total. The molecule has 0 saturated carbocycles. The number of carbonyl (C=O) groups excluding carboxylic acids is 3. The summed E-state index contributed by atoms with van der Waals surface area (Å²) in [5.41, 5.74) is 28.0. The average Bonchev–Trinajstić information content (AvgIpc) is 0.858. The van der Waals surface area contributed by atoms with E-state index in [0.29, 0.717) is 76.9 Å². The lowest BCUT2D eigenvalue weighted by Crippen LogP contribution is -2.36. The molecule has 0 aliphatic rings. The van der Waals surface area contributed by atoms with Gasteiger partial charge < -0.3 is 30.2 Å². The van der Waals surface area contributed by atoms with Crippen LogP contribution in [0.1, 0.15) is 153 Å². The number of aliphatic imine (C=N–C) groups is 6. The molecule has 0 fully saturated rings. The van der Waals surface area contributed by atoms with Gasteiger partial charge in [-0.1, -0.05) is 245 Å². The van der Waals surface area contributed by atoms with E-state index in [9.17, 15) is 14.4 Å². The second-order valence-corrected chi connectivity index (χ2v) is 30.0. The zero-order valence-electron chi connectivity index (χ0n) is 74.9. The van der Waals surface area contributed by atoms with Gasteiger partial charge in [-0.25, -0.2) is 0 Å². The van der Waals surface area contributed by atoms with Crippen molar-refractivity contribution >= 4 is 55.0 Å². The van der Waals surface area contributed by atoms with Crippen LogP contribution in [-0.2, 0) is 0 Å². The maximum atomic E-state index is 12.2. The number of nitrogens with zero attached hydrogens (tertiary/aromatic N) is 6. The Balaban J connectivity index is 0.000000205. The molecular formula is C106H122N12O6. The molecule has 0 saturated heterocycles. The summed E-state index contributed by atoms with van der Waals surface area (Å²) >= 11 is 0. The first-order chi connectivity index (χ1) is 59.9. The maximum absolute atomic E-state index is 12.2. The Bertz CT molecular complexity index is 5320. The van der Waals surface area contributed by atoms with Crippen LogP contribution in [0.25, 0.3) is 0 Å². The number of aryl methyl sites for hydroxylation is 12. The van der Waals surface area contributed by atoms with E-state index in [1.54, 1.807) is 6.07 Å². The van der Waals surface area contributed by atoms with Gasteiger partial charge in [0.15, 0.2) is 0 Å².